The minimum atomic E-state index is -0.752. The first kappa shape index (κ1) is 11.1. The van der Waals surface area contributed by atoms with Gasteiger partial charge >= 0.3 is 5.97 Å². The van der Waals surface area contributed by atoms with Crippen molar-refractivity contribution in [3.8, 4) is 0 Å². The molecule has 0 unspecified atom stereocenters. The Morgan fingerprint density at radius 2 is 2.25 bits per heavy atom. The third-order valence-corrected chi connectivity index (χ3v) is 3.88. The number of aliphatic carboxylic acids is 1. The van der Waals surface area contributed by atoms with Crippen LogP contribution >= 0.6 is 11.8 Å². The maximum Gasteiger partial charge on any atom is 0.316 e. The first-order chi connectivity index (χ1) is 7.72. The second-order valence-electron chi connectivity index (χ2n) is 3.55. The lowest BCUT2D eigenvalue weighted by Gasteiger charge is -2.07. The highest BCUT2D eigenvalue weighted by molar-refractivity contribution is 8.00. The minimum Gasteiger partial charge on any atom is -0.480 e. The number of hydrogen-bond acceptors (Lipinski definition) is 2. The predicted octanol–water partition coefficient (Wildman–Crippen LogP) is 3.12. The van der Waals surface area contributed by atoms with E-state index in [0.717, 1.165) is 15.8 Å². The molecule has 0 bridgehead atoms. The smallest absolute Gasteiger partial charge is 0.316 e. The lowest BCUT2D eigenvalue weighted by Crippen LogP contribution is -2.14. The Bertz CT molecular complexity index is 506. The van der Waals surface area contributed by atoms with Crippen LogP contribution in [0.1, 0.15) is 13.3 Å². The van der Waals surface area contributed by atoms with Gasteiger partial charge in [0.15, 0.2) is 0 Å². The van der Waals surface area contributed by atoms with E-state index < -0.39 is 5.97 Å². The van der Waals surface area contributed by atoms with Crippen LogP contribution in [0.2, 0.25) is 0 Å². The van der Waals surface area contributed by atoms with Crippen molar-refractivity contribution < 1.29 is 9.90 Å². The van der Waals surface area contributed by atoms with Crippen LogP contribution in [0.25, 0.3) is 10.9 Å². The van der Waals surface area contributed by atoms with Crippen LogP contribution in [-0.2, 0) is 4.79 Å². The highest BCUT2D eigenvalue weighted by Crippen LogP contribution is 2.31. The molecule has 0 radical (unpaired) electrons. The maximum absolute atomic E-state index is 11.0. The molecule has 1 heterocycles. The van der Waals surface area contributed by atoms with Gasteiger partial charge in [0.05, 0.1) is 0 Å². The summed E-state index contributed by atoms with van der Waals surface area (Å²) in [5, 5.41) is 9.73. The highest BCUT2D eigenvalue weighted by atomic mass is 32.2. The van der Waals surface area contributed by atoms with Crippen molar-refractivity contribution in [1.29, 1.82) is 0 Å². The number of benzene rings is 1. The number of rotatable bonds is 4. The van der Waals surface area contributed by atoms with Gasteiger partial charge in [0.2, 0.25) is 0 Å². The van der Waals surface area contributed by atoms with Crippen LogP contribution in [0.15, 0.2) is 35.4 Å². The van der Waals surface area contributed by atoms with Gasteiger partial charge in [-0.25, -0.2) is 0 Å². The lowest BCUT2D eigenvalue weighted by molar-refractivity contribution is -0.136. The van der Waals surface area contributed by atoms with Gasteiger partial charge < -0.3 is 10.1 Å². The number of hydrogen-bond donors (Lipinski definition) is 2. The van der Waals surface area contributed by atoms with Crippen molar-refractivity contribution in [2.24, 2.45) is 0 Å². The van der Waals surface area contributed by atoms with Crippen molar-refractivity contribution >= 4 is 28.6 Å². The van der Waals surface area contributed by atoms with Gasteiger partial charge in [-0.2, -0.15) is 0 Å². The molecule has 3 nitrogen and oxygen atoms in total. The van der Waals surface area contributed by atoms with Gasteiger partial charge in [-0.05, 0) is 12.5 Å². The average molecular weight is 235 g/mol. The maximum atomic E-state index is 11.0. The number of fused-ring (bicyclic) bond motifs is 1. The highest BCUT2D eigenvalue weighted by Gasteiger charge is 2.18. The number of thioether (sulfide) groups is 1. The Morgan fingerprint density at radius 1 is 1.50 bits per heavy atom. The monoisotopic (exact) mass is 235 g/mol. The van der Waals surface area contributed by atoms with E-state index in [1.165, 1.54) is 11.8 Å². The van der Waals surface area contributed by atoms with E-state index in [-0.39, 0.29) is 5.25 Å². The van der Waals surface area contributed by atoms with Gasteiger partial charge in [0, 0.05) is 22.0 Å². The molecule has 0 aliphatic carbocycles. The van der Waals surface area contributed by atoms with Crippen LogP contribution in [0.3, 0.4) is 0 Å². The van der Waals surface area contributed by atoms with Crippen molar-refractivity contribution in [3.05, 3.63) is 30.5 Å². The summed E-state index contributed by atoms with van der Waals surface area (Å²) in [6, 6.07) is 7.91. The van der Waals surface area contributed by atoms with Crippen LogP contribution in [0.5, 0.6) is 0 Å². The fourth-order valence-electron chi connectivity index (χ4n) is 1.60. The topological polar surface area (TPSA) is 53.1 Å². The molecule has 0 saturated carbocycles. The summed E-state index contributed by atoms with van der Waals surface area (Å²) in [7, 11) is 0. The molecule has 0 saturated heterocycles. The molecule has 2 N–H and O–H groups in total. The van der Waals surface area contributed by atoms with Crippen molar-refractivity contribution in [2.75, 3.05) is 0 Å². The quantitative estimate of drug-likeness (QED) is 0.800. The summed E-state index contributed by atoms with van der Waals surface area (Å²) >= 11 is 1.40. The van der Waals surface area contributed by atoms with E-state index in [2.05, 4.69) is 4.98 Å². The van der Waals surface area contributed by atoms with Gasteiger partial charge in [0.25, 0.3) is 0 Å². The zero-order chi connectivity index (χ0) is 11.5. The summed E-state index contributed by atoms with van der Waals surface area (Å²) < 4.78 is 0. The van der Waals surface area contributed by atoms with Crippen molar-refractivity contribution in [2.45, 2.75) is 23.5 Å². The average Bonchev–Trinajstić information content (AvgIpc) is 2.69. The Hall–Kier alpha value is -1.42. The molecule has 0 aliphatic heterocycles. The van der Waals surface area contributed by atoms with Gasteiger partial charge in [-0.15, -0.1) is 11.8 Å². The van der Waals surface area contributed by atoms with Gasteiger partial charge in [0.1, 0.15) is 5.25 Å². The third-order valence-electron chi connectivity index (χ3n) is 2.47. The summed E-state index contributed by atoms with van der Waals surface area (Å²) in [5.74, 6) is -0.752. The largest absolute Gasteiger partial charge is 0.480 e. The van der Waals surface area contributed by atoms with E-state index in [1.807, 2.05) is 37.4 Å². The molecule has 84 valence electrons. The third kappa shape index (κ3) is 2.07. The summed E-state index contributed by atoms with van der Waals surface area (Å²) in [5.41, 5.74) is 1.05. The zero-order valence-electron chi connectivity index (χ0n) is 8.93. The van der Waals surface area contributed by atoms with E-state index in [4.69, 9.17) is 5.11 Å². The Labute approximate surface area is 97.9 Å². The summed E-state index contributed by atoms with van der Waals surface area (Å²) in [6.07, 6.45) is 2.50. The number of H-pyrrole nitrogens is 1. The first-order valence-electron chi connectivity index (χ1n) is 5.18. The SMILES string of the molecule is CC[C@@H](Sc1c[nH]c2ccccc12)C(=O)O. The van der Waals surface area contributed by atoms with E-state index in [0.29, 0.717) is 6.42 Å². The molecule has 1 aromatic carbocycles. The second-order valence-corrected chi connectivity index (χ2v) is 4.80. The van der Waals surface area contributed by atoms with E-state index >= 15 is 0 Å². The molecular formula is C12H13NO2S. The number of carboxylic acid groups (broad SMARTS) is 1. The second kappa shape index (κ2) is 4.61. The van der Waals surface area contributed by atoms with E-state index in [9.17, 15) is 4.79 Å². The number of nitrogens with one attached hydrogen (secondary N) is 1. The Balaban J connectivity index is 2.30. The van der Waals surface area contributed by atoms with Gasteiger partial charge in [-0.3, -0.25) is 4.79 Å². The Morgan fingerprint density at radius 3 is 2.94 bits per heavy atom. The molecule has 0 aliphatic rings. The number of aromatic amines is 1. The normalized spacial score (nSPS) is 12.8. The first-order valence-corrected chi connectivity index (χ1v) is 6.06. The fourth-order valence-corrected chi connectivity index (χ4v) is 2.61. The summed E-state index contributed by atoms with van der Waals surface area (Å²) in [6.45, 7) is 1.89. The number of para-hydroxylation sites is 1. The molecule has 16 heavy (non-hydrogen) atoms. The predicted molar refractivity (Wildman–Crippen MR) is 65.9 cm³/mol. The zero-order valence-corrected chi connectivity index (χ0v) is 9.75. The number of carboxylic acids is 1. The summed E-state index contributed by atoms with van der Waals surface area (Å²) in [4.78, 5) is 15.1. The molecule has 1 atom stereocenters. The standard InChI is InChI=1S/C12H13NO2S/c1-2-10(12(14)15)16-11-7-13-9-6-4-3-5-8(9)11/h3-7,10,13H,2H2,1H3,(H,14,15)/t10-/m1/s1. The van der Waals surface area contributed by atoms with Crippen LogP contribution in [0.4, 0.5) is 0 Å². The lowest BCUT2D eigenvalue weighted by atomic mass is 10.2. The number of aromatic nitrogens is 1. The van der Waals surface area contributed by atoms with Crippen LogP contribution < -0.4 is 0 Å². The fraction of sp³-hybridized carbons (Fsp3) is 0.250. The van der Waals surface area contributed by atoms with Crippen molar-refractivity contribution in [1.82, 2.24) is 4.98 Å². The molecule has 0 spiro atoms. The molecule has 4 heteroatoms. The molecular weight excluding hydrogens is 222 g/mol. The number of carbonyl (C=O) groups is 1. The minimum absolute atomic E-state index is 0.376. The molecule has 1 aromatic heterocycles. The molecule has 2 rings (SSSR count). The Kier molecular flexibility index (Phi) is 3.19. The van der Waals surface area contributed by atoms with Crippen LogP contribution in [-0.4, -0.2) is 21.3 Å². The van der Waals surface area contributed by atoms with Crippen LogP contribution in [0, 0.1) is 0 Å². The molecule has 2 aromatic rings. The molecule has 0 fully saturated rings. The molecule has 0 amide bonds. The van der Waals surface area contributed by atoms with Crippen molar-refractivity contribution in [3.63, 3.8) is 0 Å². The van der Waals surface area contributed by atoms with Gasteiger partial charge in [-0.1, -0.05) is 25.1 Å². The van der Waals surface area contributed by atoms with E-state index in [1.54, 1.807) is 0 Å².